The molecule has 3 rings (SSSR count). The van der Waals surface area contributed by atoms with E-state index in [4.69, 9.17) is 4.74 Å². The SMILES string of the molecule is CCOC(=O)C1CCN(C(=O)CCN(CCN2CCCCC2)C(=O)c2cnc(C)cn2)CC1. The molecular formula is C24H37N5O4. The fraction of sp³-hybridized carbons (Fsp3) is 0.708. The van der Waals surface area contributed by atoms with Crippen molar-refractivity contribution in [2.24, 2.45) is 5.92 Å². The minimum absolute atomic E-state index is 0.0167. The number of ether oxygens (including phenoxy) is 1. The zero-order chi connectivity index (χ0) is 23.6. The number of likely N-dealkylation sites (tertiary alicyclic amines) is 2. The van der Waals surface area contributed by atoms with E-state index < -0.39 is 0 Å². The van der Waals surface area contributed by atoms with E-state index in [-0.39, 0.29) is 30.1 Å². The number of aryl methyl sites for hydroxylation is 1. The Morgan fingerprint density at radius 3 is 2.39 bits per heavy atom. The van der Waals surface area contributed by atoms with E-state index in [9.17, 15) is 14.4 Å². The fourth-order valence-electron chi connectivity index (χ4n) is 4.44. The van der Waals surface area contributed by atoms with E-state index in [0.29, 0.717) is 51.3 Å². The van der Waals surface area contributed by atoms with Crippen LogP contribution in [0.5, 0.6) is 0 Å². The molecule has 1 aromatic heterocycles. The Bertz CT molecular complexity index is 787. The largest absolute Gasteiger partial charge is 0.466 e. The molecule has 33 heavy (non-hydrogen) atoms. The summed E-state index contributed by atoms with van der Waals surface area (Å²) in [5, 5.41) is 0. The van der Waals surface area contributed by atoms with Crippen LogP contribution >= 0.6 is 0 Å². The highest BCUT2D eigenvalue weighted by atomic mass is 16.5. The number of amides is 2. The van der Waals surface area contributed by atoms with Crippen LogP contribution in [0.1, 0.15) is 61.6 Å². The zero-order valence-electron chi connectivity index (χ0n) is 20.0. The van der Waals surface area contributed by atoms with Crippen molar-refractivity contribution in [1.29, 1.82) is 0 Å². The van der Waals surface area contributed by atoms with Crippen molar-refractivity contribution >= 4 is 17.8 Å². The quantitative estimate of drug-likeness (QED) is 0.521. The summed E-state index contributed by atoms with van der Waals surface area (Å²) in [5.41, 5.74) is 1.06. The normalized spacial score (nSPS) is 17.6. The number of carbonyl (C=O) groups excluding carboxylic acids is 3. The molecule has 2 aliphatic heterocycles. The standard InChI is InChI=1S/C24H37N5O4/c1-3-33-24(32)20-7-12-28(13-8-20)22(30)9-14-29(16-15-27-10-5-4-6-11-27)23(31)21-18-25-19(2)17-26-21/h17-18,20H,3-16H2,1-2H3. The summed E-state index contributed by atoms with van der Waals surface area (Å²) >= 11 is 0. The van der Waals surface area contributed by atoms with Gasteiger partial charge in [-0.1, -0.05) is 6.42 Å². The molecule has 0 atom stereocenters. The molecule has 182 valence electrons. The van der Waals surface area contributed by atoms with E-state index in [1.54, 1.807) is 22.9 Å². The van der Waals surface area contributed by atoms with Crippen molar-refractivity contribution in [1.82, 2.24) is 24.7 Å². The van der Waals surface area contributed by atoms with Crippen LogP contribution < -0.4 is 0 Å². The van der Waals surface area contributed by atoms with Gasteiger partial charge in [0.05, 0.1) is 24.4 Å². The Labute approximate surface area is 196 Å². The Balaban J connectivity index is 1.54. The minimum atomic E-state index is -0.187. The fourth-order valence-corrected chi connectivity index (χ4v) is 4.44. The van der Waals surface area contributed by atoms with Gasteiger partial charge in [0, 0.05) is 45.3 Å². The third-order valence-electron chi connectivity index (χ3n) is 6.49. The first-order valence-corrected chi connectivity index (χ1v) is 12.2. The van der Waals surface area contributed by atoms with E-state index in [0.717, 1.165) is 25.3 Å². The molecule has 2 amide bonds. The molecule has 9 heteroatoms. The highest BCUT2D eigenvalue weighted by Crippen LogP contribution is 2.19. The van der Waals surface area contributed by atoms with Gasteiger partial charge in [0.2, 0.25) is 5.91 Å². The van der Waals surface area contributed by atoms with Crippen molar-refractivity contribution in [3.05, 3.63) is 23.8 Å². The summed E-state index contributed by atoms with van der Waals surface area (Å²) in [6.45, 7) is 8.93. The minimum Gasteiger partial charge on any atom is -0.466 e. The summed E-state index contributed by atoms with van der Waals surface area (Å²) in [5.74, 6) is -0.466. The van der Waals surface area contributed by atoms with Gasteiger partial charge in [-0.05, 0) is 52.6 Å². The summed E-state index contributed by atoms with van der Waals surface area (Å²) in [4.78, 5) is 52.3. The van der Waals surface area contributed by atoms with E-state index in [1.807, 2.05) is 6.92 Å². The molecule has 0 bridgehead atoms. The first-order valence-electron chi connectivity index (χ1n) is 12.2. The molecule has 0 aliphatic carbocycles. The molecule has 0 N–H and O–H groups in total. The maximum atomic E-state index is 13.1. The van der Waals surface area contributed by atoms with E-state index in [1.165, 1.54) is 25.5 Å². The van der Waals surface area contributed by atoms with Crippen molar-refractivity contribution in [2.75, 3.05) is 52.4 Å². The van der Waals surface area contributed by atoms with Crippen LogP contribution in [0.15, 0.2) is 12.4 Å². The highest BCUT2D eigenvalue weighted by molar-refractivity contribution is 5.92. The Morgan fingerprint density at radius 1 is 1.03 bits per heavy atom. The van der Waals surface area contributed by atoms with Crippen molar-refractivity contribution < 1.29 is 19.1 Å². The third-order valence-corrected chi connectivity index (χ3v) is 6.49. The number of rotatable bonds is 9. The summed E-state index contributed by atoms with van der Waals surface area (Å²) in [7, 11) is 0. The molecule has 0 aromatic carbocycles. The monoisotopic (exact) mass is 459 g/mol. The van der Waals surface area contributed by atoms with Crippen molar-refractivity contribution in [2.45, 2.75) is 52.4 Å². The molecule has 0 unspecified atom stereocenters. The molecule has 3 heterocycles. The van der Waals surface area contributed by atoms with Gasteiger partial charge >= 0.3 is 5.97 Å². The van der Waals surface area contributed by atoms with Gasteiger partial charge in [0.15, 0.2) is 0 Å². The Kier molecular flexibility index (Phi) is 9.60. The molecule has 1 aromatic rings. The Hall–Kier alpha value is -2.55. The molecule has 2 aliphatic rings. The molecule has 2 saturated heterocycles. The second-order valence-corrected chi connectivity index (χ2v) is 8.89. The molecule has 0 spiro atoms. The molecule has 9 nitrogen and oxygen atoms in total. The second-order valence-electron chi connectivity index (χ2n) is 8.89. The van der Waals surface area contributed by atoms with Gasteiger partial charge in [-0.2, -0.15) is 0 Å². The second kappa shape index (κ2) is 12.6. The molecular weight excluding hydrogens is 422 g/mol. The van der Waals surface area contributed by atoms with Gasteiger partial charge in [-0.3, -0.25) is 19.4 Å². The summed E-state index contributed by atoms with van der Waals surface area (Å²) < 4.78 is 5.11. The van der Waals surface area contributed by atoms with Crippen LogP contribution in [-0.4, -0.2) is 94.9 Å². The number of hydrogen-bond acceptors (Lipinski definition) is 7. The van der Waals surface area contributed by atoms with Gasteiger partial charge in [0.1, 0.15) is 5.69 Å². The number of hydrogen-bond donors (Lipinski definition) is 0. The maximum absolute atomic E-state index is 13.1. The lowest BCUT2D eigenvalue weighted by atomic mass is 9.97. The van der Waals surface area contributed by atoms with Crippen LogP contribution in [-0.2, 0) is 14.3 Å². The number of nitrogens with zero attached hydrogens (tertiary/aromatic N) is 5. The molecule has 0 radical (unpaired) electrons. The first-order chi connectivity index (χ1) is 16.0. The smallest absolute Gasteiger partial charge is 0.309 e. The highest BCUT2D eigenvalue weighted by Gasteiger charge is 2.29. The predicted octanol–water partition coefficient (Wildman–Crippen LogP) is 1.90. The van der Waals surface area contributed by atoms with Crippen LogP contribution in [0.2, 0.25) is 0 Å². The topological polar surface area (TPSA) is 95.9 Å². The number of piperidine rings is 2. The lowest BCUT2D eigenvalue weighted by molar-refractivity contribution is -0.151. The average molecular weight is 460 g/mol. The average Bonchev–Trinajstić information content (AvgIpc) is 2.85. The summed E-state index contributed by atoms with van der Waals surface area (Å²) in [6.07, 6.45) is 8.26. The van der Waals surface area contributed by atoms with Crippen LogP contribution in [0.25, 0.3) is 0 Å². The van der Waals surface area contributed by atoms with Crippen molar-refractivity contribution in [3.63, 3.8) is 0 Å². The number of carbonyl (C=O) groups is 3. The molecule has 0 saturated carbocycles. The predicted molar refractivity (Wildman–Crippen MR) is 124 cm³/mol. The Morgan fingerprint density at radius 2 is 1.76 bits per heavy atom. The zero-order valence-corrected chi connectivity index (χ0v) is 20.0. The number of esters is 1. The van der Waals surface area contributed by atoms with Crippen LogP contribution in [0.4, 0.5) is 0 Å². The van der Waals surface area contributed by atoms with E-state index in [2.05, 4.69) is 14.9 Å². The van der Waals surface area contributed by atoms with Gasteiger partial charge < -0.3 is 19.4 Å². The number of aromatic nitrogens is 2. The van der Waals surface area contributed by atoms with Gasteiger partial charge in [0.25, 0.3) is 5.91 Å². The van der Waals surface area contributed by atoms with E-state index >= 15 is 0 Å². The lowest BCUT2D eigenvalue weighted by Gasteiger charge is -2.32. The van der Waals surface area contributed by atoms with Crippen molar-refractivity contribution in [3.8, 4) is 0 Å². The third kappa shape index (κ3) is 7.48. The first kappa shape index (κ1) is 25.1. The lowest BCUT2D eigenvalue weighted by Crippen LogP contribution is -2.44. The van der Waals surface area contributed by atoms with Gasteiger partial charge in [-0.15, -0.1) is 0 Å². The van der Waals surface area contributed by atoms with Crippen LogP contribution in [0, 0.1) is 12.8 Å². The van der Waals surface area contributed by atoms with Crippen LogP contribution in [0.3, 0.4) is 0 Å². The maximum Gasteiger partial charge on any atom is 0.309 e. The molecule has 2 fully saturated rings. The van der Waals surface area contributed by atoms with Gasteiger partial charge in [-0.25, -0.2) is 4.98 Å². The summed E-state index contributed by atoms with van der Waals surface area (Å²) in [6, 6.07) is 0.